The van der Waals surface area contributed by atoms with Crippen molar-refractivity contribution in [3.05, 3.63) is 35.4 Å². The summed E-state index contributed by atoms with van der Waals surface area (Å²) in [4.78, 5) is 12.3. The number of hydrogen-bond donors (Lipinski definition) is 3. The van der Waals surface area contributed by atoms with Gasteiger partial charge in [-0.2, -0.15) is 0 Å². The summed E-state index contributed by atoms with van der Waals surface area (Å²) in [7, 11) is 0. The summed E-state index contributed by atoms with van der Waals surface area (Å²) in [6, 6.07) is 8.01. The third-order valence-corrected chi connectivity index (χ3v) is 3.82. The first-order valence-corrected chi connectivity index (χ1v) is 6.82. The smallest absolute Gasteiger partial charge is 0.228 e. The van der Waals surface area contributed by atoms with Crippen LogP contribution in [0.15, 0.2) is 24.3 Å². The maximum absolute atomic E-state index is 12.3. The minimum atomic E-state index is -0.836. The molecule has 1 aliphatic heterocycles. The predicted octanol–water partition coefficient (Wildman–Crippen LogP) is 1.15. The minimum absolute atomic E-state index is 0.0200. The van der Waals surface area contributed by atoms with E-state index >= 15 is 0 Å². The second kappa shape index (κ2) is 5.72. The van der Waals surface area contributed by atoms with Gasteiger partial charge >= 0.3 is 0 Å². The van der Waals surface area contributed by atoms with Gasteiger partial charge in [0.15, 0.2) is 0 Å². The number of rotatable bonds is 4. The maximum atomic E-state index is 12.3. The van der Waals surface area contributed by atoms with E-state index in [2.05, 4.69) is 10.6 Å². The summed E-state index contributed by atoms with van der Waals surface area (Å²) >= 11 is 0. The van der Waals surface area contributed by atoms with Crippen molar-refractivity contribution in [1.29, 1.82) is 0 Å². The lowest BCUT2D eigenvalue weighted by Crippen LogP contribution is -2.44. The zero-order valence-electron chi connectivity index (χ0n) is 11.6. The average Bonchev–Trinajstić information content (AvgIpc) is 2.44. The predicted molar refractivity (Wildman–Crippen MR) is 74.8 cm³/mol. The highest BCUT2D eigenvalue weighted by Crippen LogP contribution is 2.24. The van der Waals surface area contributed by atoms with Gasteiger partial charge in [-0.15, -0.1) is 0 Å². The number of amides is 1. The van der Waals surface area contributed by atoms with Crippen molar-refractivity contribution >= 4 is 5.91 Å². The van der Waals surface area contributed by atoms with Gasteiger partial charge in [-0.05, 0) is 24.5 Å². The fourth-order valence-electron chi connectivity index (χ4n) is 2.26. The molecule has 3 N–H and O–H groups in total. The van der Waals surface area contributed by atoms with Crippen LogP contribution in [0.5, 0.6) is 0 Å². The monoisotopic (exact) mass is 262 g/mol. The van der Waals surface area contributed by atoms with Crippen LogP contribution in [0.4, 0.5) is 0 Å². The molecular formula is C15H22N2O2. The zero-order chi connectivity index (χ0) is 13.9. The van der Waals surface area contributed by atoms with Crippen molar-refractivity contribution < 1.29 is 9.90 Å². The summed E-state index contributed by atoms with van der Waals surface area (Å²) in [5.41, 5.74) is 1.43. The van der Waals surface area contributed by atoms with Gasteiger partial charge in [0, 0.05) is 19.6 Å². The third-order valence-electron chi connectivity index (χ3n) is 3.82. The van der Waals surface area contributed by atoms with E-state index in [1.807, 2.05) is 31.2 Å². The zero-order valence-corrected chi connectivity index (χ0v) is 11.6. The molecule has 1 aliphatic rings. The molecule has 1 aromatic rings. The number of carbonyl (C=O) groups is 1. The number of nitrogens with one attached hydrogen (secondary N) is 2. The molecule has 1 aromatic carbocycles. The second-order valence-corrected chi connectivity index (χ2v) is 5.45. The van der Waals surface area contributed by atoms with Crippen LogP contribution in [-0.2, 0) is 11.3 Å². The molecule has 0 saturated heterocycles. The molecule has 4 heteroatoms. The lowest BCUT2D eigenvalue weighted by Gasteiger charge is -2.27. The van der Waals surface area contributed by atoms with Gasteiger partial charge in [-0.1, -0.05) is 31.2 Å². The Balaban J connectivity index is 2.05. The van der Waals surface area contributed by atoms with Crippen molar-refractivity contribution in [2.24, 2.45) is 0 Å². The summed E-state index contributed by atoms with van der Waals surface area (Å²) < 4.78 is 0. The lowest BCUT2D eigenvalue weighted by molar-refractivity contribution is -0.123. The molecule has 0 spiro atoms. The van der Waals surface area contributed by atoms with Gasteiger partial charge < -0.3 is 15.7 Å². The summed E-state index contributed by atoms with van der Waals surface area (Å²) in [6.45, 7) is 5.40. The van der Waals surface area contributed by atoms with Crippen LogP contribution < -0.4 is 10.6 Å². The highest BCUT2D eigenvalue weighted by atomic mass is 16.3. The normalized spacial score (nSPS) is 21.3. The van der Waals surface area contributed by atoms with Gasteiger partial charge in [-0.3, -0.25) is 4.79 Å². The molecule has 4 nitrogen and oxygen atoms in total. The Morgan fingerprint density at radius 1 is 1.53 bits per heavy atom. The quantitative estimate of drug-likeness (QED) is 0.763. The Hall–Kier alpha value is -1.39. The van der Waals surface area contributed by atoms with Gasteiger partial charge in [0.05, 0.1) is 11.5 Å². The molecule has 0 aromatic heterocycles. The Morgan fingerprint density at radius 3 is 3.00 bits per heavy atom. The van der Waals surface area contributed by atoms with Gasteiger partial charge in [0.25, 0.3) is 0 Å². The molecule has 19 heavy (non-hydrogen) atoms. The molecule has 2 unspecified atom stereocenters. The van der Waals surface area contributed by atoms with Crippen LogP contribution in [0.1, 0.15) is 37.3 Å². The van der Waals surface area contributed by atoms with E-state index in [9.17, 15) is 9.90 Å². The largest absolute Gasteiger partial charge is 0.388 e. The molecule has 0 saturated carbocycles. The molecule has 104 valence electrons. The number of fused-ring (bicyclic) bond motifs is 1. The number of aliphatic hydroxyl groups is 1. The molecule has 0 fully saturated rings. The molecule has 0 bridgehead atoms. The van der Waals surface area contributed by atoms with Crippen molar-refractivity contribution in [3.8, 4) is 0 Å². The van der Waals surface area contributed by atoms with Crippen molar-refractivity contribution in [2.75, 3.05) is 13.1 Å². The van der Waals surface area contributed by atoms with Crippen LogP contribution in [0.2, 0.25) is 0 Å². The van der Waals surface area contributed by atoms with E-state index in [0.717, 1.165) is 12.1 Å². The molecule has 1 amide bonds. The maximum Gasteiger partial charge on any atom is 0.228 e. The first kappa shape index (κ1) is 14.0. The van der Waals surface area contributed by atoms with E-state index in [-0.39, 0.29) is 11.8 Å². The Morgan fingerprint density at radius 2 is 2.26 bits per heavy atom. The van der Waals surface area contributed by atoms with Crippen LogP contribution in [0.3, 0.4) is 0 Å². The first-order valence-electron chi connectivity index (χ1n) is 6.82. The lowest BCUT2D eigenvalue weighted by atomic mass is 9.90. The van der Waals surface area contributed by atoms with Gasteiger partial charge in [-0.25, -0.2) is 0 Å². The topological polar surface area (TPSA) is 61.4 Å². The van der Waals surface area contributed by atoms with E-state index in [0.29, 0.717) is 19.5 Å². The fraction of sp³-hybridized carbons (Fsp3) is 0.533. The Bertz CT molecular complexity index is 457. The Kier molecular flexibility index (Phi) is 4.22. The summed E-state index contributed by atoms with van der Waals surface area (Å²) in [6.07, 6.45) is 0.618. The SMILES string of the molecule is CCC(C)(O)CNC(=O)C1CNCc2ccccc21. The van der Waals surface area contributed by atoms with Crippen molar-refractivity contribution in [3.63, 3.8) is 0 Å². The van der Waals surface area contributed by atoms with Crippen LogP contribution in [-0.4, -0.2) is 29.7 Å². The molecule has 2 rings (SSSR count). The summed E-state index contributed by atoms with van der Waals surface area (Å²) in [5, 5.41) is 16.1. The standard InChI is InChI=1S/C15H22N2O2/c1-3-15(2,19)10-17-14(18)13-9-16-8-11-6-4-5-7-12(11)13/h4-7,13,16,19H,3,8-10H2,1-2H3,(H,17,18). The van der Waals surface area contributed by atoms with Crippen LogP contribution in [0, 0.1) is 0 Å². The molecule has 0 radical (unpaired) electrons. The average molecular weight is 262 g/mol. The fourth-order valence-corrected chi connectivity index (χ4v) is 2.26. The van der Waals surface area contributed by atoms with E-state index < -0.39 is 5.60 Å². The highest BCUT2D eigenvalue weighted by molar-refractivity contribution is 5.84. The molecular weight excluding hydrogens is 240 g/mol. The van der Waals surface area contributed by atoms with Gasteiger partial charge in [0.1, 0.15) is 0 Å². The number of carbonyl (C=O) groups excluding carboxylic acids is 1. The highest BCUT2D eigenvalue weighted by Gasteiger charge is 2.27. The van der Waals surface area contributed by atoms with E-state index in [1.54, 1.807) is 6.92 Å². The minimum Gasteiger partial charge on any atom is -0.388 e. The van der Waals surface area contributed by atoms with Crippen LogP contribution >= 0.6 is 0 Å². The van der Waals surface area contributed by atoms with E-state index in [1.165, 1.54) is 5.56 Å². The second-order valence-electron chi connectivity index (χ2n) is 5.45. The van der Waals surface area contributed by atoms with Crippen molar-refractivity contribution in [2.45, 2.75) is 38.3 Å². The van der Waals surface area contributed by atoms with E-state index in [4.69, 9.17) is 0 Å². The number of benzene rings is 1. The summed E-state index contributed by atoms with van der Waals surface area (Å²) in [5.74, 6) is -0.189. The third kappa shape index (κ3) is 3.33. The van der Waals surface area contributed by atoms with Crippen molar-refractivity contribution in [1.82, 2.24) is 10.6 Å². The van der Waals surface area contributed by atoms with Gasteiger partial charge in [0.2, 0.25) is 5.91 Å². The first-order chi connectivity index (χ1) is 9.03. The van der Waals surface area contributed by atoms with Crippen LogP contribution in [0.25, 0.3) is 0 Å². The Labute approximate surface area is 114 Å². The number of hydrogen-bond acceptors (Lipinski definition) is 3. The molecule has 1 heterocycles. The molecule has 2 atom stereocenters. The molecule has 0 aliphatic carbocycles.